The Kier molecular flexibility index (Phi) is 9.94. The van der Waals surface area contributed by atoms with Gasteiger partial charge in [0.15, 0.2) is 0 Å². The summed E-state index contributed by atoms with van der Waals surface area (Å²) in [6.07, 6.45) is 20.2. The van der Waals surface area contributed by atoms with Crippen molar-refractivity contribution in [1.82, 2.24) is 14.7 Å². The highest BCUT2D eigenvalue weighted by Gasteiger charge is 2.32. The molecule has 3 aliphatic carbocycles. The molecule has 1 fully saturated rings. The van der Waals surface area contributed by atoms with Crippen molar-refractivity contribution in [3.63, 3.8) is 0 Å². The molecule has 9 rings (SSSR count). The second-order valence-corrected chi connectivity index (χ2v) is 16.4. The lowest BCUT2D eigenvalue weighted by Crippen LogP contribution is -2.35. The van der Waals surface area contributed by atoms with E-state index in [9.17, 15) is 0 Å². The van der Waals surface area contributed by atoms with Gasteiger partial charge in [0.25, 0.3) is 0 Å². The first kappa shape index (κ1) is 34.1. The van der Waals surface area contributed by atoms with Gasteiger partial charge in [0, 0.05) is 31.7 Å². The van der Waals surface area contributed by atoms with E-state index in [0.717, 1.165) is 71.0 Å². The van der Waals surface area contributed by atoms with Gasteiger partial charge in [-0.1, -0.05) is 80.5 Å². The lowest BCUT2D eigenvalue weighted by Gasteiger charge is -2.39. The van der Waals surface area contributed by atoms with E-state index < -0.39 is 0 Å². The van der Waals surface area contributed by atoms with Crippen LogP contribution in [-0.2, 0) is 57.9 Å². The first-order valence-corrected chi connectivity index (χ1v) is 20.3. The van der Waals surface area contributed by atoms with Crippen molar-refractivity contribution >= 4 is 0 Å². The fraction of sp³-hybridized carbons (Fsp3) is 0.532. The molecule has 1 saturated heterocycles. The zero-order valence-corrected chi connectivity index (χ0v) is 31.8. The topological polar surface area (TPSA) is 9.72 Å². The predicted molar refractivity (Wildman–Crippen MR) is 210 cm³/mol. The van der Waals surface area contributed by atoms with Gasteiger partial charge >= 0.3 is 0 Å². The molecule has 3 nitrogen and oxygen atoms in total. The maximum Gasteiger partial charge on any atom is 0.0391 e. The molecule has 2 unspecified atom stereocenters. The van der Waals surface area contributed by atoms with Crippen molar-refractivity contribution in [3.8, 4) is 0 Å². The molecule has 6 aliphatic rings. The van der Waals surface area contributed by atoms with Crippen molar-refractivity contribution in [1.29, 1.82) is 0 Å². The van der Waals surface area contributed by atoms with Gasteiger partial charge in [-0.15, -0.1) is 0 Å². The van der Waals surface area contributed by atoms with Crippen LogP contribution in [0.1, 0.15) is 132 Å². The quantitative estimate of drug-likeness (QED) is 0.269. The molecule has 0 saturated carbocycles. The Morgan fingerprint density at radius 1 is 0.600 bits per heavy atom. The fourth-order valence-electron chi connectivity index (χ4n) is 10.4. The summed E-state index contributed by atoms with van der Waals surface area (Å²) in [5.74, 6) is 0. The highest BCUT2D eigenvalue weighted by molar-refractivity contribution is 5.54. The third-order valence-corrected chi connectivity index (χ3v) is 13.4. The average molecular weight is 668 g/mol. The minimum absolute atomic E-state index is 0.405. The number of fused-ring (bicyclic) bond motifs is 2. The van der Waals surface area contributed by atoms with Crippen LogP contribution in [0.15, 0.2) is 59.7 Å². The van der Waals surface area contributed by atoms with Crippen LogP contribution >= 0.6 is 0 Å². The minimum atomic E-state index is 0.405. The molecule has 0 spiro atoms. The van der Waals surface area contributed by atoms with Gasteiger partial charge in [-0.3, -0.25) is 14.7 Å². The van der Waals surface area contributed by atoms with E-state index in [0.29, 0.717) is 12.1 Å². The number of hydrogen-bond acceptors (Lipinski definition) is 3. The summed E-state index contributed by atoms with van der Waals surface area (Å²) < 4.78 is 0. The van der Waals surface area contributed by atoms with E-state index in [1.165, 1.54) is 50.8 Å². The van der Waals surface area contributed by atoms with E-state index >= 15 is 0 Å². The van der Waals surface area contributed by atoms with Crippen molar-refractivity contribution < 1.29 is 0 Å². The normalized spacial score (nSPS) is 22.9. The second-order valence-electron chi connectivity index (χ2n) is 16.4. The number of nitrogens with zero attached hydrogens (tertiary/aromatic N) is 3. The van der Waals surface area contributed by atoms with Crippen LogP contribution in [0.25, 0.3) is 0 Å². The average Bonchev–Trinajstić information content (AvgIpc) is 3.65. The summed E-state index contributed by atoms with van der Waals surface area (Å²) in [7, 11) is 4.78. The number of likely N-dealkylation sites (N-methyl/N-ethyl adjacent to an activating group) is 2. The first-order chi connectivity index (χ1) is 24.4. The van der Waals surface area contributed by atoms with Gasteiger partial charge in [0.2, 0.25) is 0 Å². The van der Waals surface area contributed by atoms with Gasteiger partial charge in [0.05, 0.1) is 0 Å². The molecule has 3 heteroatoms. The van der Waals surface area contributed by atoms with E-state index in [2.05, 4.69) is 98.1 Å². The minimum Gasteiger partial charge on any atom is -0.299 e. The maximum atomic E-state index is 2.70. The lowest BCUT2D eigenvalue weighted by molar-refractivity contribution is 0.227. The van der Waals surface area contributed by atoms with Crippen LogP contribution in [0.4, 0.5) is 0 Å². The van der Waals surface area contributed by atoms with Crippen molar-refractivity contribution in [2.75, 3.05) is 40.3 Å². The van der Waals surface area contributed by atoms with Crippen LogP contribution in [0.5, 0.6) is 0 Å². The van der Waals surface area contributed by atoms with E-state index in [1.807, 2.05) is 0 Å². The summed E-state index contributed by atoms with van der Waals surface area (Å²) >= 11 is 0. The van der Waals surface area contributed by atoms with Gasteiger partial charge in [-0.05, 0) is 177 Å². The maximum absolute atomic E-state index is 2.70. The monoisotopic (exact) mass is 667 g/mol. The highest BCUT2D eigenvalue weighted by atomic mass is 15.1. The number of rotatable bonds is 5. The van der Waals surface area contributed by atoms with E-state index in [-0.39, 0.29) is 0 Å². The van der Waals surface area contributed by atoms with Gasteiger partial charge in [0.1, 0.15) is 0 Å². The second kappa shape index (κ2) is 14.6. The molecule has 2 atom stereocenters. The van der Waals surface area contributed by atoms with Crippen molar-refractivity contribution in [2.45, 2.75) is 123 Å². The Balaban J connectivity index is 1.31. The Morgan fingerprint density at radius 2 is 1.30 bits per heavy atom. The zero-order chi connectivity index (χ0) is 34.4. The van der Waals surface area contributed by atoms with Crippen LogP contribution in [0.3, 0.4) is 0 Å². The van der Waals surface area contributed by atoms with Crippen LogP contribution < -0.4 is 0 Å². The van der Waals surface area contributed by atoms with Crippen LogP contribution in [0.2, 0.25) is 0 Å². The largest absolute Gasteiger partial charge is 0.299 e. The standard InChI is InChI=1S/C47H61N3/c1-6-35-27-37-17-21-48(4)45-25-33-13-11-32(12-14-33)23-40-24-34(15-16-39(40)31-50-19-9-10-20-50)26-46-47-38(18-22-49(46)5)28-36(7-2)42(8-3)44(47)30-41(35)29-43(37)45/h11,13,15-16,24,27-29,45-46H,6-10,12,14,17-23,25-26,30-31H2,1-5H3. The number of hydrogen-bond donors (Lipinski definition) is 0. The SMILES string of the molecule is CCc1cc2c3cc1Cc1c(CC)c(CC)cc4c1C(Cc1ccc(CN5CCCC5)c(c1)CC1=CC=C(CC1)CC3N(C)CC2)N(C)CC4. The third-order valence-electron chi connectivity index (χ3n) is 13.4. The summed E-state index contributed by atoms with van der Waals surface area (Å²) in [4.78, 5) is 8.04. The lowest BCUT2D eigenvalue weighted by atomic mass is 9.77. The Labute approximate surface area is 303 Å². The summed E-state index contributed by atoms with van der Waals surface area (Å²) in [5.41, 5.74) is 22.4. The molecule has 3 aliphatic heterocycles. The molecule has 3 aromatic rings. The molecule has 264 valence electrons. The molecule has 3 heterocycles. The van der Waals surface area contributed by atoms with Crippen molar-refractivity contribution in [2.24, 2.45) is 0 Å². The Hall–Kier alpha value is -2.98. The number of likely N-dealkylation sites (tertiary alicyclic amines) is 1. The molecule has 0 amide bonds. The summed E-state index contributed by atoms with van der Waals surface area (Å²) in [5, 5.41) is 0. The molecule has 0 radical (unpaired) electrons. The smallest absolute Gasteiger partial charge is 0.0391 e. The third kappa shape index (κ3) is 6.59. The van der Waals surface area contributed by atoms with E-state index in [1.54, 1.807) is 72.3 Å². The summed E-state index contributed by atoms with van der Waals surface area (Å²) in [6.45, 7) is 13.1. The molecule has 3 aromatic carbocycles. The fourth-order valence-corrected chi connectivity index (χ4v) is 10.4. The van der Waals surface area contributed by atoms with E-state index in [4.69, 9.17) is 0 Å². The molecule has 6 bridgehead atoms. The highest BCUT2D eigenvalue weighted by Crippen LogP contribution is 2.42. The predicted octanol–water partition coefficient (Wildman–Crippen LogP) is 9.45. The Morgan fingerprint density at radius 3 is 2.04 bits per heavy atom. The molecule has 50 heavy (non-hydrogen) atoms. The Bertz CT molecular complexity index is 1800. The summed E-state index contributed by atoms with van der Waals surface area (Å²) in [6, 6.07) is 16.5. The van der Waals surface area contributed by atoms with Crippen molar-refractivity contribution in [3.05, 3.63) is 126 Å². The van der Waals surface area contributed by atoms with Gasteiger partial charge < -0.3 is 0 Å². The van der Waals surface area contributed by atoms with Gasteiger partial charge in [-0.25, -0.2) is 0 Å². The van der Waals surface area contributed by atoms with Crippen LogP contribution in [-0.4, -0.2) is 55.0 Å². The molecule has 0 N–H and O–H groups in total. The molecular formula is C47H61N3. The number of allylic oxidation sites excluding steroid dienone is 3. The van der Waals surface area contributed by atoms with Gasteiger partial charge in [-0.2, -0.15) is 0 Å². The first-order valence-electron chi connectivity index (χ1n) is 20.3. The number of aryl methyl sites for hydroxylation is 2. The number of benzene rings is 3. The molecule has 0 aromatic heterocycles. The van der Waals surface area contributed by atoms with Crippen LogP contribution in [0, 0.1) is 0 Å². The molecular weight excluding hydrogens is 607 g/mol. The zero-order valence-electron chi connectivity index (χ0n) is 31.8.